The van der Waals surface area contributed by atoms with Gasteiger partial charge in [-0.05, 0) is 25.1 Å². The molecule has 1 aromatic carbocycles. The van der Waals surface area contributed by atoms with E-state index >= 15 is 0 Å². The van der Waals surface area contributed by atoms with Crippen LogP contribution in [0.1, 0.15) is 21.1 Å². The minimum absolute atomic E-state index is 0.0679. The second kappa shape index (κ2) is 4.23. The molecular weight excluding hydrogens is 268 g/mol. The zero-order chi connectivity index (χ0) is 12.7. The second-order valence-corrected chi connectivity index (χ2v) is 5.31. The Kier molecular flexibility index (Phi) is 2.69. The number of benzene rings is 1. The van der Waals surface area contributed by atoms with Gasteiger partial charge in [0, 0.05) is 33.2 Å². The summed E-state index contributed by atoms with van der Waals surface area (Å²) in [5, 5.41) is 3.83. The first-order valence-corrected chi connectivity index (χ1v) is 6.64. The van der Waals surface area contributed by atoms with E-state index in [0.717, 1.165) is 16.6 Å². The lowest BCUT2D eigenvalue weighted by Crippen LogP contribution is -1.99. The molecule has 0 radical (unpaired) electrons. The van der Waals surface area contributed by atoms with Crippen LogP contribution in [0.3, 0.4) is 0 Å². The second-order valence-electron chi connectivity index (χ2n) is 4.02. The molecule has 0 unspecified atom stereocenters. The number of carbonyl (C=O) groups excluding carboxylic acids is 1. The monoisotopic (exact) mass is 276 g/mol. The number of hydrogen-bond acceptors (Lipinski definition) is 3. The average molecular weight is 277 g/mol. The minimum Gasteiger partial charge on any atom is -0.360 e. The summed E-state index contributed by atoms with van der Waals surface area (Å²) in [7, 11) is 0. The smallest absolute Gasteiger partial charge is 0.223 e. The van der Waals surface area contributed by atoms with Crippen LogP contribution in [0.25, 0.3) is 10.9 Å². The Bertz CT molecular complexity index is 744. The number of thiazole rings is 1. The van der Waals surface area contributed by atoms with E-state index in [2.05, 4.69) is 9.97 Å². The van der Waals surface area contributed by atoms with Crippen LogP contribution in [-0.2, 0) is 0 Å². The predicted octanol–water partition coefficient (Wildman–Crippen LogP) is 3.82. The van der Waals surface area contributed by atoms with Crippen LogP contribution < -0.4 is 0 Å². The van der Waals surface area contributed by atoms with E-state index < -0.39 is 0 Å². The molecule has 1 N–H and O–H groups in total. The predicted molar refractivity (Wildman–Crippen MR) is 73.6 cm³/mol. The number of nitrogens with one attached hydrogen (secondary N) is 1. The number of ketones is 1. The Labute approximate surface area is 112 Å². The molecule has 0 amide bonds. The molecule has 3 rings (SSSR count). The summed E-state index contributed by atoms with van der Waals surface area (Å²) in [5.74, 6) is -0.0679. The number of H-pyrrole nitrogens is 1. The van der Waals surface area contributed by atoms with Crippen molar-refractivity contribution < 1.29 is 4.79 Å². The van der Waals surface area contributed by atoms with Crippen LogP contribution in [0.4, 0.5) is 0 Å². The fraction of sp³-hybridized carbons (Fsp3) is 0.0769. The van der Waals surface area contributed by atoms with Crippen LogP contribution in [0.2, 0.25) is 5.02 Å². The summed E-state index contributed by atoms with van der Waals surface area (Å²) in [4.78, 5) is 19.6. The summed E-state index contributed by atoms with van der Waals surface area (Å²) in [5.41, 5.74) is 2.37. The van der Waals surface area contributed by atoms with Crippen LogP contribution in [-0.4, -0.2) is 15.8 Å². The number of aromatic amines is 1. The van der Waals surface area contributed by atoms with Gasteiger partial charge in [0.15, 0.2) is 5.01 Å². The summed E-state index contributed by atoms with van der Waals surface area (Å²) < 4.78 is 0. The van der Waals surface area contributed by atoms with E-state index in [1.165, 1.54) is 11.3 Å². The Balaban J connectivity index is 2.14. The third-order valence-electron chi connectivity index (χ3n) is 2.70. The maximum absolute atomic E-state index is 12.3. The highest BCUT2D eigenvalue weighted by Gasteiger charge is 2.17. The first-order valence-electron chi connectivity index (χ1n) is 5.38. The highest BCUT2D eigenvalue weighted by molar-refractivity contribution is 7.12. The zero-order valence-corrected chi connectivity index (χ0v) is 11.1. The number of fused-ring (bicyclic) bond motifs is 1. The Morgan fingerprint density at radius 1 is 1.44 bits per heavy atom. The molecule has 2 heterocycles. The van der Waals surface area contributed by atoms with E-state index in [-0.39, 0.29) is 5.78 Å². The number of nitrogens with zero attached hydrogens (tertiary/aromatic N) is 1. The molecule has 0 aliphatic carbocycles. The van der Waals surface area contributed by atoms with Gasteiger partial charge in [0.2, 0.25) is 5.78 Å². The largest absolute Gasteiger partial charge is 0.360 e. The maximum atomic E-state index is 12.3. The van der Waals surface area contributed by atoms with E-state index in [1.807, 2.05) is 18.4 Å². The Morgan fingerprint density at radius 2 is 2.28 bits per heavy atom. The third kappa shape index (κ3) is 1.83. The number of aryl methyl sites for hydroxylation is 1. The summed E-state index contributed by atoms with van der Waals surface area (Å²) >= 11 is 7.33. The van der Waals surface area contributed by atoms with Gasteiger partial charge in [-0.1, -0.05) is 11.6 Å². The molecule has 0 saturated carbocycles. The van der Waals surface area contributed by atoms with Crippen molar-refractivity contribution in [3.05, 3.63) is 51.1 Å². The molecular formula is C13H9ClN2OS. The Morgan fingerprint density at radius 3 is 3.00 bits per heavy atom. The molecule has 0 aliphatic heterocycles. The molecule has 3 aromatic rings. The van der Waals surface area contributed by atoms with E-state index in [1.54, 1.807) is 18.3 Å². The van der Waals surface area contributed by atoms with Gasteiger partial charge >= 0.3 is 0 Å². The van der Waals surface area contributed by atoms with Crippen molar-refractivity contribution in [1.29, 1.82) is 0 Å². The fourth-order valence-electron chi connectivity index (χ4n) is 1.85. The van der Waals surface area contributed by atoms with Crippen molar-refractivity contribution in [1.82, 2.24) is 9.97 Å². The molecule has 90 valence electrons. The quantitative estimate of drug-likeness (QED) is 0.723. The van der Waals surface area contributed by atoms with E-state index in [0.29, 0.717) is 15.6 Å². The lowest BCUT2D eigenvalue weighted by atomic mass is 10.1. The van der Waals surface area contributed by atoms with Crippen LogP contribution >= 0.6 is 22.9 Å². The lowest BCUT2D eigenvalue weighted by Gasteiger charge is -1.96. The zero-order valence-electron chi connectivity index (χ0n) is 9.53. The lowest BCUT2D eigenvalue weighted by molar-refractivity contribution is 0.104. The molecule has 0 saturated heterocycles. The summed E-state index contributed by atoms with van der Waals surface area (Å²) in [6.45, 7) is 1.87. The number of hydrogen-bond donors (Lipinski definition) is 1. The van der Waals surface area contributed by atoms with Gasteiger partial charge in [-0.2, -0.15) is 0 Å². The van der Waals surface area contributed by atoms with Gasteiger partial charge in [0.1, 0.15) is 0 Å². The first kappa shape index (κ1) is 11.4. The van der Waals surface area contributed by atoms with Crippen molar-refractivity contribution >= 4 is 39.6 Å². The van der Waals surface area contributed by atoms with Gasteiger partial charge in [0.05, 0.1) is 5.56 Å². The van der Waals surface area contributed by atoms with Gasteiger partial charge in [0.25, 0.3) is 0 Å². The molecule has 0 bridgehead atoms. The van der Waals surface area contributed by atoms with Gasteiger partial charge in [-0.15, -0.1) is 11.3 Å². The number of halogens is 1. The molecule has 0 atom stereocenters. The normalized spacial score (nSPS) is 11.0. The van der Waals surface area contributed by atoms with E-state index in [9.17, 15) is 4.79 Å². The van der Waals surface area contributed by atoms with Crippen LogP contribution in [0, 0.1) is 6.92 Å². The summed E-state index contributed by atoms with van der Waals surface area (Å²) in [6, 6.07) is 5.45. The van der Waals surface area contributed by atoms with Crippen molar-refractivity contribution in [2.24, 2.45) is 0 Å². The van der Waals surface area contributed by atoms with Crippen molar-refractivity contribution in [2.45, 2.75) is 6.92 Å². The fourth-order valence-corrected chi connectivity index (χ4v) is 2.77. The third-order valence-corrected chi connectivity index (χ3v) is 3.90. The average Bonchev–Trinajstić information content (AvgIpc) is 2.94. The van der Waals surface area contributed by atoms with Gasteiger partial charge in [-0.3, -0.25) is 4.79 Å². The summed E-state index contributed by atoms with van der Waals surface area (Å²) in [6.07, 6.45) is 1.71. The molecule has 0 spiro atoms. The minimum atomic E-state index is -0.0679. The highest BCUT2D eigenvalue weighted by Crippen LogP contribution is 2.25. The van der Waals surface area contributed by atoms with Crippen LogP contribution in [0.15, 0.2) is 29.8 Å². The SMILES string of the molecule is Cc1csc(C(=O)c2c[nH]c3ccc(Cl)cc23)n1. The molecule has 18 heavy (non-hydrogen) atoms. The van der Waals surface area contributed by atoms with Crippen LogP contribution in [0.5, 0.6) is 0 Å². The van der Waals surface area contributed by atoms with Crippen molar-refractivity contribution in [3.63, 3.8) is 0 Å². The number of rotatable bonds is 2. The molecule has 0 fully saturated rings. The van der Waals surface area contributed by atoms with Crippen molar-refractivity contribution in [2.75, 3.05) is 0 Å². The molecule has 0 aliphatic rings. The number of aromatic nitrogens is 2. The van der Waals surface area contributed by atoms with E-state index in [4.69, 9.17) is 11.6 Å². The molecule has 3 nitrogen and oxygen atoms in total. The van der Waals surface area contributed by atoms with Gasteiger partial charge < -0.3 is 4.98 Å². The standard InChI is InChI=1S/C13H9ClN2OS/c1-7-6-18-13(16-7)12(17)10-5-15-11-3-2-8(14)4-9(10)11/h2-6,15H,1H3. The highest BCUT2D eigenvalue weighted by atomic mass is 35.5. The Hall–Kier alpha value is -1.65. The van der Waals surface area contributed by atoms with Crippen molar-refractivity contribution in [3.8, 4) is 0 Å². The molecule has 5 heteroatoms. The topological polar surface area (TPSA) is 45.8 Å². The molecule has 2 aromatic heterocycles. The number of carbonyl (C=O) groups is 1. The maximum Gasteiger partial charge on any atom is 0.223 e. The first-order chi connectivity index (χ1) is 8.65. The van der Waals surface area contributed by atoms with Gasteiger partial charge in [-0.25, -0.2) is 4.98 Å².